The first-order valence-corrected chi connectivity index (χ1v) is 6.56. The van der Waals surface area contributed by atoms with Crippen molar-refractivity contribution >= 4 is 23.1 Å². The fourth-order valence-corrected chi connectivity index (χ4v) is 2.56. The number of rotatable bonds is 5. The zero-order valence-corrected chi connectivity index (χ0v) is 9.67. The van der Waals surface area contributed by atoms with E-state index >= 15 is 0 Å². The van der Waals surface area contributed by atoms with Crippen LogP contribution in [0.3, 0.4) is 0 Å². The third-order valence-corrected chi connectivity index (χ3v) is 3.59. The highest BCUT2D eigenvalue weighted by atomic mass is 32.2. The van der Waals surface area contributed by atoms with Gasteiger partial charge in [-0.2, -0.15) is 11.8 Å². The van der Waals surface area contributed by atoms with Gasteiger partial charge in [0.1, 0.15) is 0 Å². The first kappa shape index (κ1) is 11.0. The molecule has 3 N–H and O–H groups in total. The molecule has 1 rings (SSSR count). The van der Waals surface area contributed by atoms with Crippen LogP contribution < -0.4 is 11.3 Å². The van der Waals surface area contributed by atoms with E-state index in [4.69, 9.17) is 5.84 Å². The van der Waals surface area contributed by atoms with Crippen molar-refractivity contribution in [3.63, 3.8) is 0 Å². The third kappa shape index (κ3) is 2.98. The number of nitrogens with two attached hydrogens (primary N) is 1. The van der Waals surface area contributed by atoms with Crippen LogP contribution in [0.15, 0.2) is 11.4 Å². The lowest BCUT2D eigenvalue weighted by Crippen LogP contribution is -2.28. The smallest absolute Gasteiger partial charge is 0.0478 e. The van der Waals surface area contributed by atoms with Gasteiger partial charge in [-0.1, -0.05) is 0 Å². The van der Waals surface area contributed by atoms with Crippen LogP contribution in [0.1, 0.15) is 22.9 Å². The van der Waals surface area contributed by atoms with Gasteiger partial charge in [0.25, 0.3) is 0 Å². The Morgan fingerprint density at radius 3 is 2.92 bits per heavy atom. The maximum absolute atomic E-state index is 5.52. The van der Waals surface area contributed by atoms with Gasteiger partial charge in [-0.25, -0.2) is 0 Å². The average molecular weight is 216 g/mol. The molecule has 1 atom stereocenters. The van der Waals surface area contributed by atoms with E-state index in [0.717, 1.165) is 12.2 Å². The molecular weight excluding hydrogens is 200 g/mol. The van der Waals surface area contributed by atoms with Gasteiger partial charge in [0.2, 0.25) is 0 Å². The summed E-state index contributed by atoms with van der Waals surface area (Å²) < 4.78 is 0. The summed E-state index contributed by atoms with van der Waals surface area (Å²) in [6.45, 7) is 2.14. The lowest BCUT2D eigenvalue weighted by Gasteiger charge is -2.14. The molecular formula is C9H16N2S2. The minimum atomic E-state index is 0.318. The van der Waals surface area contributed by atoms with Crippen LogP contribution in [0.25, 0.3) is 0 Å². The molecule has 0 fully saturated rings. The quantitative estimate of drug-likeness (QED) is 0.586. The summed E-state index contributed by atoms with van der Waals surface area (Å²) in [5.41, 5.74) is 4.22. The van der Waals surface area contributed by atoms with E-state index in [0.29, 0.717) is 6.04 Å². The molecule has 0 aromatic carbocycles. The van der Waals surface area contributed by atoms with Crippen molar-refractivity contribution < 1.29 is 0 Å². The zero-order chi connectivity index (χ0) is 9.68. The van der Waals surface area contributed by atoms with Gasteiger partial charge in [-0.05, 0) is 42.4 Å². The molecule has 13 heavy (non-hydrogen) atoms. The highest BCUT2D eigenvalue weighted by molar-refractivity contribution is 7.98. The van der Waals surface area contributed by atoms with E-state index in [1.807, 2.05) is 11.8 Å². The highest BCUT2D eigenvalue weighted by Gasteiger charge is 2.11. The first-order valence-electron chi connectivity index (χ1n) is 4.28. The minimum absolute atomic E-state index is 0.318. The molecule has 0 saturated heterocycles. The molecule has 0 radical (unpaired) electrons. The van der Waals surface area contributed by atoms with Crippen LogP contribution in [-0.2, 0) is 0 Å². The Hall–Kier alpha value is -0.0300. The number of aryl methyl sites for hydroxylation is 1. The third-order valence-electron chi connectivity index (χ3n) is 2.09. The first-order chi connectivity index (χ1) is 6.29. The van der Waals surface area contributed by atoms with E-state index in [1.54, 1.807) is 11.3 Å². The van der Waals surface area contributed by atoms with E-state index in [2.05, 4.69) is 30.1 Å². The molecule has 1 unspecified atom stereocenters. The largest absolute Gasteiger partial charge is 0.271 e. The molecule has 2 nitrogen and oxygen atoms in total. The van der Waals surface area contributed by atoms with Crippen molar-refractivity contribution in [3.8, 4) is 0 Å². The number of hydrogen-bond acceptors (Lipinski definition) is 4. The topological polar surface area (TPSA) is 38.0 Å². The molecule has 0 aliphatic heterocycles. The van der Waals surface area contributed by atoms with Crippen molar-refractivity contribution in [1.82, 2.24) is 5.43 Å². The maximum atomic E-state index is 5.52. The van der Waals surface area contributed by atoms with Gasteiger partial charge < -0.3 is 0 Å². The monoisotopic (exact) mass is 216 g/mol. The number of thiophene rings is 1. The van der Waals surface area contributed by atoms with E-state index < -0.39 is 0 Å². The second-order valence-corrected chi connectivity index (χ2v) is 5.04. The number of thioether (sulfide) groups is 1. The number of hydrazine groups is 1. The summed E-state index contributed by atoms with van der Waals surface area (Å²) in [6.07, 6.45) is 3.21. The Labute approximate surface area is 87.9 Å². The zero-order valence-electron chi connectivity index (χ0n) is 8.04. The number of hydrogen-bond donors (Lipinski definition) is 2. The summed E-state index contributed by atoms with van der Waals surface area (Å²) in [4.78, 5) is 1.36. The molecule has 1 aromatic heterocycles. The van der Waals surface area contributed by atoms with Crippen molar-refractivity contribution in [3.05, 3.63) is 21.9 Å². The fourth-order valence-electron chi connectivity index (χ4n) is 1.32. The van der Waals surface area contributed by atoms with Gasteiger partial charge in [-0.15, -0.1) is 11.3 Å². The predicted molar refractivity (Wildman–Crippen MR) is 62.1 cm³/mol. The van der Waals surface area contributed by atoms with Gasteiger partial charge >= 0.3 is 0 Å². The second kappa shape index (κ2) is 5.65. The molecule has 1 heterocycles. The Bertz CT molecular complexity index is 248. The van der Waals surface area contributed by atoms with Crippen molar-refractivity contribution in [2.45, 2.75) is 19.4 Å². The summed E-state index contributed by atoms with van der Waals surface area (Å²) >= 11 is 3.64. The van der Waals surface area contributed by atoms with E-state index in [-0.39, 0.29) is 0 Å². The Kier molecular flexibility index (Phi) is 4.80. The summed E-state index contributed by atoms with van der Waals surface area (Å²) in [5, 5.41) is 2.12. The van der Waals surface area contributed by atoms with Crippen LogP contribution in [0.5, 0.6) is 0 Å². The summed E-state index contributed by atoms with van der Waals surface area (Å²) in [6, 6.07) is 2.48. The highest BCUT2D eigenvalue weighted by Crippen LogP contribution is 2.25. The van der Waals surface area contributed by atoms with Gasteiger partial charge in [-0.3, -0.25) is 11.3 Å². The predicted octanol–water partition coefficient (Wildman–Crippen LogP) is 2.31. The normalized spacial score (nSPS) is 13.2. The van der Waals surface area contributed by atoms with Crippen molar-refractivity contribution in [2.24, 2.45) is 5.84 Å². The van der Waals surface area contributed by atoms with Crippen LogP contribution in [0, 0.1) is 6.92 Å². The van der Waals surface area contributed by atoms with Crippen LogP contribution in [0.2, 0.25) is 0 Å². The van der Waals surface area contributed by atoms with E-state index in [1.165, 1.54) is 10.4 Å². The summed E-state index contributed by atoms with van der Waals surface area (Å²) in [7, 11) is 0. The van der Waals surface area contributed by atoms with Gasteiger partial charge in [0.15, 0.2) is 0 Å². The number of nitrogens with one attached hydrogen (secondary N) is 1. The lowest BCUT2D eigenvalue weighted by molar-refractivity contribution is 0.542. The Balaban J connectivity index is 2.61. The van der Waals surface area contributed by atoms with Crippen molar-refractivity contribution in [1.29, 1.82) is 0 Å². The molecule has 4 heteroatoms. The molecule has 1 aromatic rings. The Morgan fingerprint density at radius 1 is 1.69 bits per heavy atom. The van der Waals surface area contributed by atoms with Crippen LogP contribution >= 0.6 is 23.1 Å². The molecule has 0 aliphatic rings. The fraction of sp³-hybridized carbons (Fsp3) is 0.556. The van der Waals surface area contributed by atoms with Crippen molar-refractivity contribution in [2.75, 3.05) is 12.0 Å². The standard InChI is InChI=1S/C9H16N2S2/c1-7-8(3-6-13-7)9(11-10)4-5-12-2/h3,6,9,11H,4-5,10H2,1-2H3. The SMILES string of the molecule is CSCCC(NN)c1ccsc1C. The minimum Gasteiger partial charge on any atom is -0.271 e. The summed E-state index contributed by atoms with van der Waals surface area (Å²) in [5.74, 6) is 6.66. The van der Waals surface area contributed by atoms with Crippen LogP contribution in [-0.4, -0.2) is 12.0 Å². The van der Waals surface area contributed by atoms with E-state index in [9.17, 15) is 0 Å². The van der Waals surface area contributed by atoms with Crippen LogP contribution in [0.4, 0.5) is 0 Å². The molecule has 74 valence electrons. The van der Waals surface area contributed by atoms with Gasteiger partial charge in [0, 0.05) is 10.9 Å². The molecule has 0 spiro atoms. The average Bonchev–Trinajstić information content (AvgIpc) is 2.54. The second-order valence-electron chi connectivity index (χ2n) is 2.93. The van der Waals surface area contributed by atoms with Gasteiger partial charge in [0.05, 0.1) is 0 Å². The molecule has 0 amide bonds. The molecule has 0 aliphatic carbocycles. The molecule has 0 bridgehead atoms. The lowest BCUT2D eigenvalue weighted by atomic mass is 10.1. The Morgan fingerprint density at radius 2 is 2.46 bits per heavy atom. The molecule has 0 saturated carbocycles. The maximum Gasteiger partial charge on any atom is 0.0478 e.